The maximum Gasteiger partial charge on any atom is 0.305 e. The van der Waals surface area contributed by atoms with Crippen molar-refractivity contribution in [1.29, 1.82) is 0 Å². The number of carbonyl (C=O) groups excluding carboxylic acids is 1. The van der Waals surface area contributed by atoms with Gasteiger partial charge in [-0.05, 0) is 26.0 Å². The van der Waals surface area contributed by atoms with E-state index < -0.39 is 12.0 Å². The number of nitrogens with zero attached hydrogens (tertiary/aromatic N) is 1. The molecule has 21 heavy (non-hydrogen) atoms. The van der Waals surface area contributed by atoms with Gasteiger partial charge in [0, 0.05) is 18.2 Å². The number of ether oxygens (including phenoxy) is 1. The molecule has 116 valence electrons. The van der Waals surface area contributed by atoms with E-state index in [1.54, 1.807) is 13.8 Å². The van der Waals surface area contributed by atoms with Gasteiger partial charge < -0.3 is 14.7 Å². The third-order valence-electron chi connectivity index (χ3n) is 3.05. The highest BCUT2D eigenvalue weighted by Gasteiger charge is 2.23. The summed E-state index contributed by atoms with van der Waals surface area (Å²) in [6, 6.07) is 2.50. The molecule has 1 atom stereocenters. The molecule has 5 nitrogen and oxygen atoms in total. The van der Waals surface area contributed by atoms with Crippen LogP contribution in [0.2, 0.25) is 10.0 Å². The third kappa shape index (κ3) is 4.25. The van der Waals surface area contributed by atoms with E-state index >= 15 is 0 Å². The van der Waals surface area contributed by atoms with Gasteiger partial charge in [0.05, 0.1) is 23.6 Å². The van der Waals surface area contributed by atoms with Crippen molar-refractivity contribution in [2.45, 2.75) is 26.3 Å². The van der Waals surface area contributed by atoms with Crippen molar-refractivity contribution >= 4 is 35.1 Å². The molecule has 1 aromatic rings. The summed E-state index contributed by atoms with van der Waals surface area (Å²) in [5, 5.41) is 9.30. The first-order chi connectivity index (χ1) is 9.81. The Hall–Kier alpha value is -1.46. The monoisotopic (exact) mass is 333 g/mol. The van der Waals surface area contributed by atoms with E-state index in [0.717, 1.165) is 0 Å². The second-order valence-electron chi connectivity index (χ2n) is 4.51. The fourth-order valence-electron chi connectivity index (χ4n) is 2.06. The van der Waals surface area contributed by atoms with Crippen LogP contribution in [0.15, 0.2) is 12.1 Å². The number of benzene rings is 1. The van der Waals surface area contributed by atoms with E-state index in [9.17, 15) is 9.59 Å². The molecule has 0 radical (unpaired) electrons. The summed E-state index contributed by atoms with van der Waals surface area (Å²) in [5.74, 6) is -0.978. The van der Waals surface area contributed by atoms with Crippen molar-refractivity contribution in [3.05, 3.63) is 27.7 Å². The van der Waals surface area contributed by atoms with E-state index in [1.807, 2.05) is 0 Å². The highest BCUT2D eigenvalue weighted by atomic mass is 35.5. The van der Waals surface area contributed by atoms with Gasteiger partial charge in [-0.2, -0.15) is 0 Å². The average molecular weight is 334 g/mol. The molecule has 0 aromatic heterocycles. The molecule has 0 spiro atoms. The van der Waals surface area contributed by atoms with E-state index in [4.69, 9.17) is 33.0 Å². The molecule has 0 aliphatic rings. The number of aliphatic carboxylic acids is 1. The Morgan fingerprint density at radius 3 is 2.24 bits per heavy atom. The predicted molar refractivity (Wildman–Crippen MR) is 81.4 cm³/mol. The van der Waals surface area contributed by atoms with Crippen molar-refractivity contribution < 1.29 is 19.4 Å². The van der Waals surface area contributed by atoms with Crippen LogP contribution in [0.4, 0.5) is 0 Å². The first-order valence-corrected chi connectivity index (χ1v) is 7.13. The fourth-order valence-corrected chi connectivity index (χ4v) is 2.70. The minimum atomic E-state index is -0.959. The van der Waals surface area contributed by atoms with Gasteiger partial charge in [-0.25, -0.2) is 0 Å². The molecule has 1 amide bonds. The van der Waals surface area contributed by atoms with Crippen LogP contribution in [0.25, 0.3) is 0 Å². The number of carboxylic acid groups (broad SMARTS) is 1. The molecule has 1 unspecified atom stereocenters. The fraction of sp³-hybridized carbons (Fsp3) is 0.429. The second-order valence-corrected chi connectivity index (χ2v) is 5.33. The van der Waals surface area contributed by atoms with Crippen LogP contribution in [0, 0.1) is 0 Å². The second kappa shape index (κ2) is 7.52. The summed E-state index contributed by atoms with van der Waals surface area (Å²) < 4.78 is 5.03. The summed E-state index contributed by atoms with van der Waals surface area (Å²) in [6.45, 7) is 3.85. The summed E-state index contributed by atoms with van der Waals surface area (Å²) in [4.78, 5) is 24.7. The lowest BCUT2D eigenvalue weighted by Crippen LogP contribution is -2.39. The van der Waals surface area contributed by atoms with Gasteiger partial charge in [0.25, 0.3) is 5.91 Å². The van der Waals surface area contributed by atoms with Crippen LogP contribution >= 0.6 is 23.2 Å². The molecule has 0 saturated carbocycles. The number of rotatable bonds is 6. The van der Waals surface area contributed by atoms with Crippen molar-refractivity contribution in [1.82, 2.24) is 4.90 Å². The number of hydrogen-bond donors (Lipinski definition) is 1. The summed E-state index contributed by atoms with van der Waals surface area (Å²) in [5.41, 5.74) is 0.296. The molecular weight excluding hydrogens is 317 g/mol. The van der Waals surface area contributed by atoms with Crippen LogP contribution in [0.5, 0.6) is 5.75 Å². The lowest BCUT2D eigenvalue weighted by molar-refractivity contribution is -0.138. The zero-order chi connectivity index (χ0) is 16.2. The van der Waals surface area contributed by atoms with Crippen LogP contribution in [0.3, 0.4) is 0 Å². The molecule has 1 aromatic carbocycles. The molecule has 0 fully saturated rings. The molecule has 1 rings (SSSR count). The van der Waals surface area contributed by atoms with E-state index in [2.05, 4.69) is 0 Å². The van der Waals surface area contributed by atoms with E-state index in [0.29, 0.717) is 17.9 Å². The first kappa shape index (κ1) is 17.6. The van der Waals surface area contributed by atoms with Gasteiger partial charge in [0.15, 0.2) is 5.75 Å². The maximum atomic E-state index is 12.5. The van der Waals surface area contributed by atoms with Gasteiger partial charge in [-0.3, -0.25) is 9.59 Å². The zero-order valence-corrected chi connectivity index (χ0v) is 13.5. The number of amides is 1. The number of carbonyl (C=O) groups is 2. The van der Waals surface area contributed by atoms with Crippen molar-refractivity contribution in [3.8, 4) is 5.75 Å². The number of halogens is 2. The Morgan fingerprint density at radius 1 is 1.33 bits per heavy atom. The lowest BCUT2D eigenvalue weighted by Gasteiger charge is -2.27. The molecular formula is C14H17Cl2NO4. The van der Waals surface area contributed by atoms with Crippen molar-refractivity contribution in [2.75, 3.05) is 13.7 Å². The molecule has 0 aliphatic carbocycles. The number of hydrogen-bond acceptors (Lipinski definition) is 3. The van der Waals surface area contributed by atoms with E-state index in [1.165, 1.54) is 24.1 Å². The largest absolute Gasteiger partial charge is 0.494 e. The molecule has 1 N–H and O–H groups in total. The normalized spacial score (nSPS) is 11.9. The minimum absolute atomic E-state index is 0.128. The lowest BCUT2D eigenvalue weighted by atomic mass is 10.1. The van der Waals surface area contributed by atoms with Gasteiger partial charge in [0.1, 0.15) is 0 Å². The Kier molecular flexibility index (Phi) is 6.30. The first-order valence-electron chi connectivity index (χ1n) is 6.37. The van der Waals surface area contributed by atoms with Crippen molar-refractivity contribution in [2.24, 2.45) is 0 Å². The summed E-state index contributed by atoms with van der Waals surface area (Å²) in [7, 11) is 1.43. The van der Waals surface area contributed by atoms with Gasteiger partial charge >= 0.3 is 5.97 Å². The minimum Gasteiger partial charge on any atom is -0.494 e. The van der Waals surface area contributed by atoms with Crippen molar-refractivity contribution in [3.63, 3.8) is 0 Å². The smallest absolute Gasteiger partial charge is 0.305 e. The number of carboxylic acids is 1. The molecule has 0 saturated heterocycles. The number of methoxy groups -OCH3 is 1. The molecule has 0 heterocycles. The standard InChI is InChI=1S/C14H17Cl2NO4/c1-4-17(8(2)5-12(18)19)14(20)9-6-10(15)13(21-3)11(16)7-9/h6-8H,4-5H2,1-3H3,(H,18,19). The summed E-state index contributed by atoms with van der Waals surface area (Å²) in [6.07, 6.45) is -0.128. The molecule has 0 bridgehead atoms. The summed E-state index contributed by atoms with van der Waals surface area (Å²) >= 11 is 12.0. The maximum absolute atomic E-state index is 12.5. The van der Waals surface area contributed by atoms with Crippen LogP contribution in [0.1, 0.15) is 30.6 Å². The highest BCUT2D eigenvalue weighted by Crippen LogP contribution is 2.34. The van der Waals surface area contributed by atoms with Crippen LogP contribution < -0.4 is 4.74 Å². The van der Waals surface area contributed by atoms with Gasteiger partial charge in [0.2, 0.25) is 0 Å². The Balaban J connectivity index is 3.08. The quantitative estimate of drug-likeness (QED) is 0.867. The third-order valence-corrected chi connectivity index (χ3v) is 3.61. The Bertz CT molecular complexity index is 525. The van der Waals surface area contributed by atoms with Crippen LogP contribution in [-0.2, 0) is 4.79 Å². The molecule has 7 heteroatoms. The Labute approximate surface area is 133 Å². The molecule has 0 aliphatic heterocycles. The Morgan fingerprint density at radius 2 is 1.86 bits per heavy atom. The zero-order valence-electron chi connectivity index (χ0n) is 12.0. The van der Waals surface area contributed by atoms with Gasteiger partial charge in [-0.15, -0.1) is 0 Å². The topological polar surface area (TPSA) is 66.8 Å². The van der Waals surface area contributed by atoms with E-state index in [-0.39, 0.29) is 22.4 Å². The SMILES string of the molecule is CCN(C(=O)c1cc(Cl)c(OC)c(Cl)c1)C(C)CC(=O)O. The predicted octanol–water partition coefficient (Wildman–Crippen LogP) is 3.33. The van der Waals surface area contributed by atoms with Gasteiger partial charge in [-0.1, -0.05) is 23.2 Å². The average Bonchev–Trinajstić information content (AvgIpc) is 2.38. The highest BCUT2D eigenvalue weighted by molar-refractivity contribution is 6.37. The van der Waals surface area contributed by atoms with Crippen LogP contribution in [-0.4, -0.2) is 41.6 Å².